The van der Waals surface area contributed by atoms with E-state index in [4.69, 9.17) is 9.47 Å². The summed E-state index contributed by atoms with van der Waals surface area (Å²) in [6.07, 6.45) is 6.75. The summed E-state index contributed by atoms with van der Waals surface area (Å²) in [7, 11) is 0. The van der Waals surface area contributed by atoms with Crippen molar-refractivity contribution < 1.29 is 14.6 Å². The molecule has 0 aromatic heterocycles. The summed E-state index contributed by atoms with van der Waals surface area (Å²) in [6, 6.07) is 6.29. The Bertz CT molecular complexity index is 911. The number of benzene rings is 2. The molecule has 1 heterocycles. The van der Waals surface area contributed by atoms with Crippen LogP contribution in [0.25, 0.3) is 6.08 Å². The monoisotopic (exact) mass is 380 g/mol. The van der Waals surface area contributed by atoms with Gasteiger partial charge in [0.25, 0.3) is 0 Å². The third-order valence-corrected chi connectivity index (χ3v) is 6.00. The summed E-state index contributed by atoms with van der Waals surface area (Å²) in [5.41, 5.74) is 6.08. The third kappa shape index (κ3) is 3.89. The van der Waals surface area contributed by atoms with E-state index in [0.29, 0.717) is 12.4 Å². The Labute approximate surface area is 169 Å². The molecule has 2 aromatic carbocycles. The molecule has 0 radical (unpaired) electrons. The number of phenols is 1. The Balaban J connectivity index is 1.74. The predicted molar refractivity (Wildman–Crippen MR) is 116 cm³/mol. The van der Waals surface area contributed by atoms with Crippen LogP contribution in [0.5, 0.6) is 17.2 Å². The zero-order valence-electron chi connectivity index (χ0n) is 18.0. The number of hydrogen-bond acceptors (Lipinski definition) is 3. The van der Waals surface area contributed by atoms with Gasteiger partial charge in [0.1, 0.15) is 22.8 Å². The quantitative estimate of drug-likeness (QED) is 0.670. The van der Waals surface area contributed by atoms with Crippen LogP contribution >= 0.6 is 0 Å². The molecule has 0 bridgehead atoms. The molecule has 1 aliphatic rings. The summed E-state index contributed by atoms with van der Waals surface area (Å²) in [4.78, 5) is 0. The van der Waals surface area contributed by atoms with Crippen LogP contribution in [0.1, 0.15) is 60.1 Å². The number of rotatable bonds is 5. The number of allylic oxidation sites excluding steroid dienone is 1. The standard InChI is InChI=1S/C25H32O3/c1-7-8-20-10-9-16(2)15-22(20)27-14-13-25(6)12-11-21-19(5)23(26)17(3)18(4)24(21)28-25/h7-10,15,26H,11-14H2,1-6H3/b8-7+. The van der Waals surface area contributed by atoms with Gasteiger partial charge in [-0.2, -0.15) is 0 Å². The van der Waals surface area contributed by atoms with Crippen molar-refractivity contribution >= 4 is 6.08 Å². The summed E-state index contributed by atoms with van der Waals surface area (Å²) < 4.78 is 12.7. The Kier molecular flexibility index (Phi) is 5.74. The lowest BCUT2D eigenvalue weighted by molar-refractivity contribution is 0.0411. The summed E-state index contributed by atoms with van der Waals surface area (Å²) in [6.45, 7) is 12.8. The van der Waals surface area contributed by atoms with Gasteiger partial charge in [-0.1, -0.05) is 24.3 Å². The molecule has 0 saturated heterocycles. The van der Waals surface area contributed by atoms with Crippen molar-refractivity contribution in [3.63, 3.8) is 0 Å². The fraction of sp³-hybridized carbons (Fsp3) is 0.440. The maximum absolute atomic E-state index is 10.4. The van der Waals surface area contributed by atoms with Crippen molar-refractivity contribution in [1.29, 1.82) is 0 Å². The zero-order valence-corrected chi connectivity index (χ0v) is 18.0. The third-order valence-electron chi connectivity index (χ3n) is 6.00. The van der Waals surface area contributed by atoms with E-state index < -0.39 is 0 Å². The van der Waals surface area contributed by atoms with Gasteiger partial charge in [0.15, 0.2) is 0 Å². The van der Waals surface area contributed by atoms with E-state index in [0.717, 1.165) is 58.6 Å². The Hall–Kier alpha value is -2.42. The first kappa shape index (κ1) is 20.3. The van der Waals surface area contributed by atoms with Crippen LogP contribution in [0.3, 0.4) is 0 Å². The molecule has 1 atom stereocenters. The number of fused-ring (bicyclic) bond motifs is 1. The van der Waals surface area contributed by atoms with E-state index >= 15 is 0 Å². The molecule has 28 heavy (non-hydrogen) atoms. The molecule has 2 aromatic rings. The topological polar surface area (TPSA) is 38.7 Å². The maximum Gasteiger partial charge on any atom is 0.127 e. The number of phenolic OH excluding ortho intramolecular Hbond substituents is 1. The molecular formula is C25H32O3. The van der Waals surface area contributed by atoms with E-state index in [1.807, 2.05) is 33.8 Å². The van der Waals surface area contributed by atoms with E-state index in [-0.39, 0.29) is 5.60 Å². The van der Waals surface area contributed by atoms with Gasteiger partial charge in [-0.15, -0.1) is 0 Å². The highest BCUT2D eigenvalue weighted by Crippen LogP contribution is 2.44. The average molecular weight is 381 g/mol. The average Bonchev–Trinajstić information content (AvgIpc) is 2.66. The zero-order chi connectivity index (χ0) is 20.5. The second kappa shape index (κ2) is 7.90. The van der Waals surface area contributed by atoms with Gasteiger partial charge in [-0.25, -0.2) is 0 Å². The van der Waals surface area contributed by atoms with Crippen LogP contribution < -0.4 is 9.47 Å². The van der Waals surface area contributed by atoms with Crippen molar-refractivity contribution in [2.75, 3.05) is 6.61 Å². The minimum atomic E-state index is -0.266. The molecule has 0 aliphatic carbocycles. The molecule has 0 saturated carbocycles. The number of aryl methyl sites for hydroxylation is 1. The van der Waals surface area contributed by atoms with Gasteiger partial charge in [-0.3, -0.25) is 0 Å². The fourth-order valence-electron chi connectivity index (χ4n) is 3.93. The van der Waals surface area contributed by atoms with Crippen molar-refractivity contribution in [3.8, 4) is 17.2 Å². The van der Waals surface area contributed by atoms with E-state index in [9.17, 15) is 5.11 Å². The molecule has 3 rings (SSSR count). The van der Waals surface area contributed by atoms with Crippen LogP contribution in [0, 0.1) is 27.7 Å². The number of ether oxygens (including phenoxy) is 2. The molecule has 1 aliphatic heterocycles. The van der Waals surface area contributed by atoms with Gasteiger partial charge in [0, 0.05) is 17.5 Å². The first-order chi connectivity index (χ1) is 13.3. The molecule has 3 nitrogen and oxygen atoms in total. The van der Waals surface area contributed by atoms with E-state index in [2.05, 4.69) is 38.1 Å². The normalized spacial score (nSPS) is 18.8. The lowest BCUT2D eigenvalue weighted by Gasteiger charge is -2.38. The second-order valence-electron chi connectivity index (χ2n) is 8.22. The van der Waals surface area contributed by atoms with Gasteiger partial charge in [0.05, 0.1) is 6.61 Å². The first-order valence-corrected chi connectivity index (χ1v) is 10.1. The maximum atomic E-state index is 10.4. The lowest BCUT2D eigenvalue weighted by atomic mass is 9.86. The highest BCUT2D eigenvalue weighted by Gasteiger charge is 2.34. The Morgan fingerprint density at radius 2 is 1.89 bits per heavy atom. The first-order valence-electron chi connectivity index (χ1n) is 10.1. The van der Waals surface area contributed by atoms with Crippen LogP contribution in [-0.4, -0.2) is 17.3 Å². The van der Waals surface area contributed by atoms with Crippen molar-refractivity contribution in [2.24, 2.45) is 0 Å². The predicted octanol–water partition coefficient (Wildman–Crippen LogP) is 6.21. The van der Waals surface area contributed by atoms with Crippen molar-refractivity contribution in [1.82, 2.24) is 0 Å². The van der Waals surface area contributed by atoms with E-state index in [1.54, 1.807) is 0 Å². The molecule has 3 heteroatoms. The number of hydrogen-bond donors (Lipinski definition) is 1. The molecule has 1 N–H and O–H groups in total. The molecule has 0 amide bonds. The summed E-state index contributed by atoms with van der Waals surface area (Å²) in [5.74, 6) is 2.28. The SMILES string of the molecule is C/C=C/c1ccc(C)cc1OCCC1(C)CCc2c(C)c(O)c(C)c(C)c2O1. The minimum Gasteiger partial charge on any atom is -0.507 e. The van der Waals surface area contributed by atoms with Gasteiger partial charge < -0.3 is 14.6 Å². The fourth-order valence-corrected chi connectivity index (χ4v) is 3.93. The van der Waals surface area contributed by atoms with Crippen molar-refractivity contribution in [2.45, 2.75) is 66.4 Å². The Morgan fingerprint density at radius 3 is 2.61 bits per heavy atom. The Morgan fingerprint density at radius 1 is 1.14 bits per heavy atom. The summed E-state index contributed by atoms with van der Waals surface area (Å²) in [5, 5.41) is 10.4. The van der Waals surface area contributed by atoms with Crippen LogP contribution in [0.4, 0.5) is 0 Å². The van der Waals surface area contributed by atoms with Gasteiger partial charge >= 0.3 is 0 Å². The van der Waals surface area contributed by atoms with Crippen LogP contribution in [0.15, 0.2) is 24.3 Å². The van der Waals surface area contributed by atoms with Gasteiger partial charge in [0.2, 0.25) is 0 Å². The molecule has 0 spiro atoms. The molecule has 0 fully saturated rings. The number of aromatic hydroxyl groups is 1. The molecular weight excluding hydrogens is 348 g/mol. The highest BCUT2D eigenvalue weighted by atomic mass is 16.5. The summed E-state index contributed by atoms with van der Waals surface area (Å²) >= 11 is 0. The van der Waals surface area contributed by atoms with E-state index in [1.165, 1.54) is 5.56 Å². The molecule has 1 unspecified atom stereocenters. The largest absolute Gasteiger partial charge is 0.507 e. The van der Waals surface area contributed by atoms with Crippen LogP contribution in [0.2, 0.25) is 0 Å². The molecule has 150 valence electrons. The van der Waals surface area contributed by atoms with Gasteiger partial charge in [-0.05, 0) is 82.7 Å². The second-order valence-corrected chi connectivity index (χ2v) is 8.22. The van der Waals surface area contributed by atoms with Crippen LogP contribution in [-0.2, 0) is 6.42 Å². The highest BCUT2D eigenvalue weighted by molar-refractivity contribution is 5.59. The minimum absolute atomic E-state index is 0.266. The smallest absolute Gasteiger partial charge is 0.127 e. The lowest BCUT2D eigenvalue weighted by Crippen LogP contribution is -2.38. The van der Waals surface area contributed by atoms with Crippen molar-refractivity contribution in [3.05, 3.63) is 57.7 Å².